The number of aromatic nitrogens is 2. The fourth-order valence-electron chi connectivity index (χ4n) is 2.17. The van der Waals surface area contributed by atoms with Gasteiger partial charge in [0, 0.05) is 20.6 Å². The van der Waals surface area contributed by atoms with Crippen LogP contribution in [0.5, 0.6) is 0 Å². The highest BCUT2D eigenvalue weighted by molar-refractivity contribution is 6.00. The summed E-state index contributed by atoms with van der Waals surface area (Å²) in [5.41, 5.74) is 7.21. The molecule has 2 rings (SSSR count). The van der Waals surface area contributed by atoms with Crippen LogP contribution in [0.2, 0.25) is 0 Å². The number of nitrogens with two attached hydrogens (primary N) is 1. The van der Waals surface area contributed by atoms with Gasteiger partial charge in [-0.3, -0.25) is 10.1 Å². The van der Waals surface area contributed by atoms with Crippen molar-refractivity contribution in [2.75, 3.05) is 18.5 Å². The molecular weight excluding hydrogens is 202 g/mol. The van der Waals surface area contributed by atoms with Crippen LogP contribution in [0.3, 0.4) is 0 Å². The van der Waals surface area contributed by atoms with Crippen molar-refractivity contribution in [2.24, 2.45) is 18.7 Å². The molecule has 0 aliphatic heterocycles. The molecule has 88 valence electrons. The number of amidine groups is 1. The summed E-state index contributed by atoms with van der Waals surface area (Å²) in [5, 5.41) is 12.0. The van der Waals surface area contributed by atoms with Gasteiger partial charge in [-0.2, -0.15) is 5.10 Å². The van der Waals surface area contributed by atoms with E-state index in [4.69, 9.17) is 11.1 Å². The molecule has 0 saturated heterocycles. The number of hydrogen-bond donors (Lipinski definition) is 2. The third-order valence-electron chi connectivity index (χ3n) is 3.05. The van der Waals surface area contributed by atoms with Crippen molar-refractivity contribution in [2.45, 2.75) is 19.8 Å². The van der Waals surface area contributed by atoms with Crippen molar-refractivity contribution >= 4 is 11.7 Å². The number of nitrogens with zero attached hydrogens (tertiary/aromatic N) is 3. The molecular formula is C11H19N5. The average molecular weight is 221 g/mol. The topological polar surface area (TPSA) is 70.9 Å². The zero-order chi connectivity index (χ0) is 11.9. The maximum absolute atomic E-state index is 7.62. The van der Waals surface area contributed by atoms with Gasteiger partial charge in [-0.15, -0.1) is 0 Å². The molecule has 1 fully saturated rings. The fraction of sp³-hybridized carbons (Fsp3) is 0.636. The summed E-state index contributed by atoms with van der Waals surface area (Å²) in [6.45, 7) is 2.92. The normalized spacial score (nSPS) is 15.2. The molecule has 0 bridgehead atoms. The van der Waals surface area contributed by atoms with Crippen LogP contribution in [0, 0.1) is 18.3 Å². The standard InChI is InChI=1S/C11H19N5/c1-7-9(10(12)13)11(16(3)14-7)15(2)6-8-4-5-8/h8H,4-6H2,1-3H3,(H3,12,13). The second-order valence-corrected chi connectivity index (χ2v) is 4.65. The minimum Gasteiger partial charge on any atom is -0.384 e. The van der Waals surface area contributed by atoms with Crippen LogP contribution >= 0.6 is 0 Å². The molecule has 0 amide bonds. The molecule has 1 aliphatic carbocycles. The molecule has 0 radical (unpaired) electrons. The highest BCUT2D eigenvalue weighted by Crippen LogP contribution is 2.32. The largest absolute Gasteiger partial charge is 0.384 e. The van der Waals surface area contributed by atoms with E-state index in [0.717, 1.165) is 29.5 Å². The molecule has 0 spiro atoms. The molecule has 16 heavy (non-hydrogen) atoms. The highest BCUT2D eigenvalue weighted by atomic mass is 15.4. The van der Waals surface area contributed by atoms with Crippen LogP contribution < -0.4 is 10.6 Å². The smallest absolute Gasteiger partial charge is 0.137 e. The summed E-state index contributed by atoms with van der Waals surface area (Å²) in [6.07, 6.45) is 2.63. The minimum atomic E-state index is 0.100. The number of rotatable bonds is 4. The van der Waals surface area contributed by atoms with Gasteiger partial charge < -0.3 is 10.6 Å². The van der Waals surface area contributed by atoms with E-state index in [2.05, 4.69) is 10.00 Å². The molecule has 0 aromatic carbocycles. The van der Waals surface area contributed by atoms with Gasteiger partial charge in [0.2, 0.25) is 0 Å². The van der Waals surface area contributed by atoms with E-state index >= 15 is 0 Å². The summed E-state index contributed by atoms with van der Waals surface area (Å²) in [6, 6.07) is 0. The third-order valence-corrected chi connectivity index (χ3v) is 3.05. The van der Waals surface area contributed by atoms with Crippen LogP contribution in [0.4, 0.5) is 5.82 Å². The van der Waals surface area contributed by atoms with Gasteiger partial charge in [-0.25, -0.2) is 0 Å². The van der Waals surface area contributed by atoms with Crippen molar-refractivity contribution in [1.29, 1.82) is 5.41 Å². The number of anilines is 1. The molecule has 1 saturated carbocycles. The van der Waals surface area contributed by atoms with Gasteiger partial charge in [-0.05, 0) is 25.7 Å². The Hall–Kier alpha value is -1.52. The summed E-state index contributed by atoms with van der Waals surface area (Å²) in [5.74, 6) is 1.86. The molecule has 3 N–H and O–H groups in total. The maximum atomic E-state index is 7.62. The van der Waals surface area contributed by atoms with Crippen LogP contribution in [0.15, 0.2) is 0 Å². The first-order chi connectivity index (χ1) is 7.50. The van der Waals surface area contributed by atoms with E-state index in [0.29, 0.717) is 0 Å². The Labute approximate surface area is 95.7 Å². The predicted molar refractivity (Wildman–Crippen MR) is 65.0 cm³/mol. The van der Waals surface area contributed by atoms with Crippen LogP contribution in [0.25, 0.3) is 0 Å². The van der Waals surface area contributed by atoms with Gasteiger partial charge in [0.1, 0.15) is 11.7 Å². The number of aryl methyl sites for hydroxylation is 2. The van der Waals surface area contributed by atoms with Crippen molar-refractivity contribution in [3.05, 3.63) is 11.3 Å². The van der Waals surface area contributed by atoms with E-state index in [1.165, 1.54) is 12.8 Å². The molecule has 5 heteroatoms. The van der Waals surface area contributed by atoms with Gasteiger partial charge in [0.15, 0.2) is 0 Å². The molecule has 0 atom stereocenters. The van der Waals surface area contributed by atoms with Crippen molar-refractivity contribution in [1.82, 2.24) is 9.78 Å². The molecule has 1 heterocycles. The quantitative estimate of drug-likeness (QED) is 0.585. The molecule has 5 nitrogen and oxygen atoms in total. The first kappa shape index (κ1) is 11.0. The second-order valence-electron chi connectivity index (χ2n) is 4.65. The molecule has 1 aliphatic rings. The predicted octanol–water partition coefficient (Wildman–Crippen LogP) is 0.859. The van der Waals surface area contributed by atoms with E-state index in [1.807, 2.05) is 25.7 Å². The number of nitrogens with one attached hydrogen (secondary N) is 1. The Morgan fingerprint density at radius 2 is 2.25 bits per heavy atom. The number of hydrogen-bond acceptors (Lipinski definition) is 3. The van der Waals surface area contributed by atoms with Gasteiger partial charge in [-0.1, -0.05) is 0 Å². The molecule has 1 aromatic heterocycles. The monoisotopic (exact) mass is 221 g/mol. The van der Waals surface area contributed by atoms with E-state index < -0.39 is 0 Å². The first-order valence-electron chi connectivity index (χ1n) is 5.59. The Morgan fingerprint density at radius 3 is 2.75 bits per heavy atom. The summed E-state index contributed by atoms with van der Waals surface area (Å²) in [4.78, 5) is 2.16. The Morgan fingerprint density at radius 1 is 1.62 bits per heavy atom. The zero-order valence-corrected chi connectivity index (χ0v) is 10.1. The van der Waals surface area contributed by atoms with E-state index in [1.54, 1.807) is 0 Å². The lowest BCUT2D eigenvalue weighted by molar-refractivity contribution is 0.704. The van der Waals surface area contributed by atoms with E-state index in [-0.39, 0.29) is 5.84 Å². The van der Waals surface area contributed by atoms with Crippen molar-refractivity contribution < 1.29 is 0 Å². The van der Waals surface area contributed by atoms with Crippen LogP contribution in [0.1, 0.15) is 24.1 Å². The number of nitrogen functional groups attached to an aromatic ring is 1. The van der Waals surface area contributed by atoms with Crippen molar-refractivity contribution in [3.8, 4) is 0 Å². The van der Waals surface area contributed by atoms with Gasteiger partial charge >= 0.3 is 0 Å². The molecule has 1 aromatic rings. The summed E-state index contributed by atoms with van der Waals surface area (Å²) >= 11 is 0. The molecule has 0 unspecified atom stereocenters. The SMILES string of the molecule is Cc1nn(C)c(N(C)CC2CC2)c1C(=N)N. The highest BCUT2D eigenvalue weighted by Gasteiger charge is 2.26. The lowest BCUT2D eigenvalue weighted by Crippen LogP contribution is -2.26. The van der Waals surface area contributed by atoms with E-state index in [9.17, 15) is 0 Å². The summed E-state index contributed by atoms with van der Waals surface area (Å²) in [7, 11) is 3.94. The third kappa shape index (κ3) is 1.89. The second kappa shape index (κ2) is 3.81. The van der Waals surface area contributed by atoms with Crippen LogP contribution in [-0.4, -0.2) is 29.2 Å². The Bertz CT molecular complexity index is 416. The first-order valence-corrected chi connectivity index (χ1v) is 5.59. The Kier molecular flexibility index (Phi) is 2.61. The van der Waals surface area contributed by atoms with Gasteiger partial charge in [0.05, 0.1) is 11.3 Å². The lowest BCUT2D eigenvalue weighted by atomic mass is 10.2. The Balaban J connectivity index is 2.32. The zero-order valence-electron chi connectivity index (χ0n) is 10.1. The lowest BCUT2D eigenvalue weighted by Gasteiger charge is -2.20. The average Bonchev–Trinajstić information content (AvgIpc) is 2.90. The fourth-order valence-corrected chi connectivity index (χ4v) is 2.17. The maximum Gasteiger partial charge on any atom is 0.137 e. The van der Waals surface area contributed by atoms with Gasteiger partial charge in [0.25, 0.3) is 0 Å². The minimum absolute atomic E-state index is 0.100. The summed E-state index contributed by atoms with van der Waals surface area (Å²) < 4.78 is 1.81. The van der Waals surface area contributed by atoms with Crippen molar-refractivity contribution in [3.63, 3.8) is 0 Å². The van der Waals surface area contributed by atoms with Crippen LogP contribution in [-0.2, 0) is 7.05 Å².